The van der Waals surface area contributed by atoms with Crippen LogP contribution in [-0.4, -0.2) is 277 Å². The second-order valence-electron chi connectivity index (χ2n) is 41.8. The van der Waals surface area contributed by atoms with E-state index in [2.05, 4.69) is 110 Å². The van der Waals surface area contributed by atoms with Gasteiger partial charge in [-0.1, -0.05) is 117 Å². The summed E-state index contributed by atoms with van der Waals surface area (Å²) in [5.74, 6) is 9.24. The third-order valence-corrected chi connectivity index (χ3v) is 36.3. The zero-order chi connectivity index (χ0) is 104. The predicted octanol–water partition coefficient (Wildman–Crippen LogP) is 18.3. The Morgan fingerprint density at radius 2 is 0.765 bits per heavy atom. The number of piperidine rings is 4. The topological polar surface area (TPSA) is 373 Å². The van der Waals surface area contributed by atoms with E-state index in [-0.39, 0.29) is 47.2 Å². The lowest BCUT2D eigenvalue weighted by Crippen LogP contribution is -2.55. The maximum absolute atomic E-state index is 11.9. The van der Waals surface area contributed by atoms with E-state index in [1.165, 1.54) is 63.7 Å². The molecule has 0 radical (unpaired) electrons. The highest BCUT2D eigenvalue weighted by Gasteiger charge is 2.44. The smallest absolute Gasteiger partial charge is 0.216 e. The van der Waals surface area contributed by atoms with Gasteiger partial charge in [0.15, 0.2) is 39.7 Å². The molecule has 8 unspecified atom stereocenters. The number of amides is 1. The zero-order valence-corrected chi connectivity index (χ0v) is 91.2. The molecule has 1 amide bonds. The Hall–Kier alpha value is -10.5. The minimum atomic E-state index is -2.84. The first kappa shape index (κ1) is 106. The number of anilines is 4. The van der Waals surface area contributed by atoms with Gasteiger partial charge in [-0.15, -0.1) is 0 Å². The molecular formula is C106H122Cl8N30O4S. The van der Waals surface area contributed by atoms with Crippen molar-refractivity contribution in [2.24, 2.45) is 47.3 Å². The third-order valence-electron chi connectivity index (χ3n) is 32.3. The summed E-state index contributed by atoms with van der Waals surface area (Å²) in [5, 5.41) is 54.8. The molecule has 0 aliphatic carbocycles. The fourth-order valence-electron chi connectivity index (χ4n) is 23.6. The van der Waals surface area contributed by atoms with Crippen molar-refractivity contribution in [2.75, 3.05) is 162 Å². The number of sulfone groups is 1. The molecule has 13 aromatic rings. The number of ether oxygens (including phenoxy) is 1. The van der Waals surface area contributed by atoms with Gasteiger partial charge in [0, 0.05) is 182 Å². The number of rotatable bonds is 23. The fourth-order valence-corrected chi connectivity index (χ4v) is 27.4. The minimum absolute atomic E-state index is 0.0402. The standard InChI is InChI=1S/C27H31Cl2N7O2S.C27H31Cl2N7O.C26H27Cl2N9.C26H33Cl2N7O/c1-17(22-5-4-20(28)11-23(22)29)36-27-26(24(12-30)33-36)31-13-25(32-27)35-15-19(16-35)18-3-2-8-34(14-18)21-6-9-39(37,38)10-7-21;1-17(22-5-4-20(28)11-23(22)29)36-27-26(24(12-30)33-36)31-13-25(32-27)35-15-19(16-35)18-3-2-8-34(14-18)21-6-9-37-10-7-21;1-16(21-5-4-19(27)7-22(21)28)37-26-25(23(8-29)34-37)31-10-24(33-26)36-12-18(13-36)17-3-2-6-35(11-17)14-20-9-30-15-32-20;1-16-25-26(35(32-16)17(2)22-7-6-21(27)11-23(22)28)31-24(12-30-25)34-14-20(15-34)19-5-4-9-33(13-19)10-8-29-18(3)36/h4-5,11,13,17-19,21H,2-3,6-10,14-16H2,1H3;4-5,11,13,17-19,21H,2-3,6-10,14-16H2,1H3;4-5,7,9-10,15-18H,2-3,6,11-14H2,1H3,(H,30,32);6-7,11-12,17,19-20H,4-5,8-10,13-15H2,1-3H3,(H,29,36). The summed E-state index contributed by atoms with van der Waals surface area (Å²) in [5.41, 5.74) is 11.1. The number of aryl methyl sites for hydroxylation is 1. The summed E-state index contributed by atoms with van der Waals surface area (Å²) in [4.78, 5) is 76.3. The fraction of sp³-hybridized carbons (Fsp3) is 0.519. The van der Waals surface area contributed by atoms with E-state index in [9.17, 15) is 29.0 Å². The van der Waals surface area contributed by atoms with Crippen LogP contribution in [0.15, 0.2) is 110 Å². The highest BCUT2D eigenvalue weighted by Crippen LogP contribution is 2.44. The number of likely N-dealkylation sites (tertiary alicyclic amines) is 4. The molecular weight excluding hydrogens is 2070 g/mol. The number of fused-ring (bicyclic) bond motifs is 4. The first-order valence-corrected chi connectivity index (χ1v) is 56.8. The number of halogens is 8. The number of benzene rings is 4. The van der Waals surface area contributed by atoms with Crippen molar-refractivity contribution in [3.63, 3.8) is 0 Å². The van der Waals surface area contributed by atoms with E-state index in [4.69, 9.17) is 128 Å². The minimum Gasteiger partial charge on any atom is -0.381 e. The van der Waals surface area contributed by atoms with E-state index in [0.29, 0.717) is 139 Å². The van der Waals surface area contributed by atoms with Gasteiger partial charge < -0.3 is 44.4 Å². The largest absolute Gasteiger partial charge is 0.381 e. The lowest BCUT2D eigenvalue weighted by atomic mass is 9.80. The molecule has 10 aliphatic heterocycles. The normalized spacial score (nSPS) is 21.4. The van der Waals surface area contributed by atoms with Crippen molar-refractivity contribution in [2.45, 2.75) is 161 Å². The quantitative estimate of drug-likeness (QED) is 0.0600. The molecule has 34 nitrogen and oxygen atoms in total. The lowest BCUT2D eigenvalue weighted by Gasteiger charge is -2.48. The van der Waals surface area contributed by atoms with Crippen molar-refractivity contribution in [3.05, 3.63) is 201 Å². The molecule has 0 bridgehead atoms. The van der Waals surface area contributed by atoms with E-state index in [0.717, 1.165) is 225 Å². The summed E-state index contributed by atoms with van der Waals surface area (Å²) < 4.78 is 36.4. The van der Waals surface area contributed by atoms with Crippen LogP contribution in [0.4, 0.5) is 23.3 Å². The number of nitriles is 3. The number of imidazole rings is 1. The van der Waals surface area contributed by atoms with Gasteiger partial charge in [0.1, 0.15) is 73.4 Å². The summed E-state index contributed by atoms with van der Waals surface area (Å²) >= 11 is 50.3. The van der Waals surface area contributed by atoms with E-state index in [1.54, 1.807) is 82.3 Å². The Morgan fingerprint density at radius 3 is 1.12 bits per heavy atom. The molecule has 23 rings (SSSR count). The van der Waals surface area contributed by atoms with Gasteiger partial charge in [-0.05, 0) is 256 Å². The average molecular weight is 2200 g/mol. The molecule has 9 aromatic heterocycles. The van der Waals surface area contributed by atoms with Gasteiger partial charge in [0.2, 0.25) is 5.91 Å². The van der Waals surface area contributed by atoms with Gasteiger partial charge in [-0.2, -0.15) is 36.2 Å². The first-order chi connectivity index (χ1) is 72.0. The van der Waals surface area contributed by atoms with Crippen LogP contribution in [0.3, 0.4) is 0 Å². The van der Waals surface area contributed by atoms with E-state index >= 15 is 0 Å². The van der Waals surface area contributed by atoms with Crippen LogP contribution >= 0.6 is 92.8 Å². The number of H-pyrrole nitrogens is 1. The Morgan fingerprint density at radius 1 is 0.430 bits per heavy atom. The highest BCUT2D eigenvalue weighted by molar-refractivity contribution is 7.91. The van der Waals surface area contributed by atoms with Crippen molar-refractivity contribution >= 4 is 176 Å². The summed E-state index contributed by atoms with van der Waals surface area (Å²) in [7, 11) is -2.84. The molecule has 19 heterocycles. The molecule has 149 heavy (non-hydrogen) atoms. The van der Waals surface area contributed by atoms with Crippen LogP contribution in [-0.2, 0) is 25.9 Å². The van der Waals surface area contributed by atoms with Crippen LogP contribution in [0.2, 0.25) is 40.2 Å². The maximum Gasteiger partial charge on any atom is 0.216 e. The molecule has 10 fully saturated rings. The van der Waals surface area contributed by atoms with Crippen molar-refractivity contribution in [3.8, 4) is 18.2 Å². The van der Waals surface area contributed by atoms with Gasteiger partial charge in [-0.3, -0.25) is 14.6 Å². The highest BCUT2D eigenvalue weighted by atomic mass is 35.5. The molecule has 8 atom stereocenters. The summed E-state index contributed by atoms with van der Waals surface area (Å²) in [6.45, 7) is 32.6. The number of nitrogens with one attached hydrogen (secondary N) is 2. The van der Waals surface area contributed by atoms with E-state index in [1.807, 2.05) is 81.2 Å². The van der Waals surface area contributed by atoms with Gasteiger partial charge >= 0.3 is 0 Å². The van der Waals surface area contributed by atoms with Crippen LogP contribution in [0.1, 0.15) is 187 Å². The Labute approximate surface area is 907 Å². The van der Waals surface area contributed by atoms with Crippen molar-refractivity contribution in [1.29, 1.82) is 15.8 Å². The molecule has 2 N–H and O–H groups in total. The summed E-state index contributed by atoms with van der Waals surface area (Å²) in [6.07, 6.45) is 24.6. The van der Waals surface area contributed by atoms with Crippen LogP contribution < -0.4 is 24.9 Å². The van der Waals surface area contributed by atoms with Crippen LogP contribution in [0.25, 0.3) is 44.7 Å². The maximum atomic E-state index is 11.9. The summed E-state index contributed by atoms with van der Waals surface area (Å²) in [6, 6.07) is 28.4. The lowest BCUT2D eigenvalue weighted by molar-refractivity contribution is -0.119. The number of carbonyl (C=O) groups excluding carboxylic acids is 1. The third kappa shape index (κ3) is 23.4. The SMILES string of the molecule is CC(=O)NCCN1CCCC(C2CN(c3cnc4c(C)nn(C(C)c5ccc(Cl)cc5Cl)c4n3)C2)C1.CC(c1ccc(Cl)cc1Cl)n1nc(C#N)c2ncc(N3CC(C4CCCN(C5CCOCC5)C4)C3)nc21.CC(c1ccc(Cl)cc1Cl)n1nc(C#N)c2ncc(N3CC(C4CCCN(C5CCS(=O)(=O)CC5)C4)C3)nc21.CC(c1ccc(Cl)cc1Cl)n1nc(C#N)c2ncc(N3CC(C4CCCN(Cc5cnc[nH]5)C4)C3)nc21. The van der Waals surface area contributed by atoms with Gasteiger partial charge in [-0.25, -0.2) is 72.0 Å². The number of nitrogens with zero attached hydrogens (tertiary/aromatic N) is 28. The number of carbonyl (C=O) groups is 1. The Bertz CT molecular complexity index is 7270. The predicted molar refractivity (Wildman–Crippen MR) is 583 cm³/mol. The number of hydrogen-bond donors (Lipinski definition) is 2. The van der Waals surface area contributed by atoms with Crippen molar-refractivity contribution in [1.82, 2.24) is 114 Å². The van der Waals surface area contributed by atoms with Gasteiger partial charge in [0.25, 0.3) is 0 Å². The van der Waals surface area contributed by atoms with Crippen LogP contribution in [0.5, 0.6) is 0 Å². The molecule has 782 valence electrons. The van der Waals surface area contributed by atoms with E-state index < -0.39 is 9.84 Å². The average Bonchev–Trinajstić information content (AvgIpc) is 1.64. The second-order valence-corrected chi connectivity index (χ2v) is 47.5. The zero-order valence-electron chi connectivity index (χ0n) is 84.3. The molecule has 0 saturated carbocycles. The van der Waals surface area contributed by atoms with Gasteiger partial charge in [0.05, 0.1) is 72.5 Å². The number of aromatic nitrogens is 18. The monoisotopic (exact) mass is 2190 g/mol. The second kappa shape index (κ2) is 46.2. The van der Waals surface area contributed by atoms with Crippen LogP contribution in [0, 0.1) is 88.3 Å². The Balaban J connectivity index is 0.000000120. The molecule has 10 aliphatic rings. The molecule has 0 spiro atoms. The first-order valence-electron chi connectivity index (χ1n) is 51.9. The molecule has 4 aromatic carbocycles. The molecule has 10 saturated heterocycles. The molecule has 43 heteroatoms. The van der Waals surface area contributed by atoms with Crippen molar-refractivity contribution < 1.29 is 17.9 Å². The number of hydrogen-bond acceptors (Lipinski definition) is 28. The Kier molecular flexibility index (Phi) is 32.7. The number of aromatic amines is 1.